The summed E-state index contributed by atoms with van der Waals surface area (Å²) < 4.78 is 0. The van der Waals surface area contributed by atoms with Crippen LogP contribution in [-0.4, -0.2) is 28.4 Å². The summed E-state index contributed by atoms with van der Waals surface area (Å²) in [5, 5.41) is 2.76. The lowest BCUT2D eigenvalue weighted by molar-refractivity contribution is 0.0641. The number of benzene rings is 3. The number of nitrogens with zero attached hydrogens (tertiary/aromatic N) is 1. The summed E-state index contributed by atoms with van der Waals surface area (Å²) in [6.45, 7) is 1.60. The lowest BCUT2D eigenvalue weighted by Crippen LogP contribution is -2.29. The fraction of sp³-hybridized carbons (Fsp3) is 0.0833. The fourth-order valence-electron chi connectivity index (χ4n) is 3.35. The first-order chi connectivity index (χ1) is 14.4. The van der Waals surface area contributed by atoms with E-state index in [-0.39, 0.29) is 30.0 Å². The van der Waals surface area contributed by atoms with Gasteiger partial charge < -0.3 is 5.32 Å². The Labute approximate surface area is 173 Å². The Morgan fingerprint density at radius 3 is 2.03 bits per heavy atom. The minimum Gasteiger partial charge on any atom is -0.322 e. The van der Waals surface area contributed by atoms with Gasteiger partial charge in [-0.05, 0) is 48.9 Å². The van der Waals surface area contributed by atoms with E-state index in [1.807, 2.05) is 0 Å². The number of nitrogens with one attached hydrogen (secondary N) is 1. The SMILES string of the molecule is CC(=O)c1cccc(NC(=O)c2ccc(CN3C(=O)c4ccccc4C3=O)cc2)c1. The van der Waals surface area contributed by atoms with Gasteiger partial charge in [-0.15, -0.1) is 0 Å². The number of carbonyl (C=O) groups excluding carboxylic acids is 4. The van der Waals surface area contributed by atoms with Gasteiger partial charge in [0.15, 0.2) is 5.78 Å². The summed E-state index contributed by atoms with van der Waals surface area (Å²) in [5.41, 5.74) is 3.03. The van der Waals surface area contributed by atoms with Crippen LogP contribution in [0.5, 0.6) is 0 Å². The highest BCUT2D eigenvalue weighted by Crippen LogP contribution is 2.24. The zero-order valence-corrected chi connectivity index (χ0v) is 16.2. The van der Waals surface area contributed by atoms with Crippen LogP contribution in [0.25, 0.3) is 0 Å². The second-order valence-corrected chi connectivity index (χ2v) is 7.03. The quantitative estimate of drug-likeness (QED) is 0.521. The molecule has 1 heterocycles. The molecule has 0 bridgehead atoms. The van der Waals surface area contributed by atoms with Crippen molar-refractivity contribution in [2.24, 2.45) is 0 Å². The van der Waals surface area contributed by atoms with Gasteiger partial charge in [0.1, 0.15) is 0 Å². The van der Waals surface area contributed by atoms with Crippen molar-refractivity contribution >= 4 is 29.2 Å². The van der Waals surface area contributed by atoms with E-state index >= 15 is 0 Å². The molecule has 3 aromatic carbocycles. The number of anilines is 1. The fourth-order valence-corrected chi connectivity index (χ4v) is 3.35. The van der Waals surface area contributed by atoms with Crippen molar-refractivity contribution in [3.63, 3.8) is 0 Å². The van der Waals surface area contributed by atoms with Crippen molar-refractivity contribution in [2.75, 3.05) is 5.32 Å². The lowest BCUT2D eigenvalue weighted by Gasteiger charge is -2.14. The van der Waals surface area contributed by atoms with E-state index in [4.69, 9.17) is 0 Å². The van der Waals surface area contributed by atoms with Crippen LogP contribution in [-0.2, 0) is 6.54 Å². The molecule has 6 nitrogen and oxygen atoms in total. The van der Waals surface area contributed by atoms with E-state index in [1.165, 1.54) is 11.8 Å². The molecule has 0 fully saturated rings. The van der Waals surface area contributed by atoms with Gasteiger partial charge in [0.25, 0.3) is 17.7 Å². The Kier molecular flexibility index (Phi) is 4.98. The zero-order chi connectivity index (χ0) is 21.3. The lowest BCUT2D eigenvalue weighted by atomic mass is 10.1. The van der Waals surface area contributed by atoms with Crippen molar-refractivity contribution in [2.45, 2.75) is 13.5 Å². The Morgan fingerprint density at radius 2 is 1.43 bits per heavy atom. The molecule has 3 aromatic rings. The van der Waals surface area contributed by atoms with E-state index in [9.17, 15) is 19.2 Å². The Balaban J connectivity index is 1.45. The van der Waals surface area contributed by atoms with Gasteiger partial charge in [-0.2, -0.15) is 0 Å². The van der Waals surface area contributed by atoms with Crippen LogP contribution < -0.4 is 5.32 Å². The molecule has 148 valence electrons. The highest BCUT2D eigenvalue weighted by Gasteiger charge is 2.34. The largest absolute Gasteiger partial charge is 0.322 e. The Morgan fingerprint density at radius 1 is 0.800 bits per heavy atom. The highest BCUT2D eigenvalue weighted by atomic mass is 16.2. The van der Waals surface area contributed by atoms with E-state index < -0.39 is 0 Å². The number of Topliss-reactive ketones (excluding diaryl/α,β-unsaturated/α-hetero) is 1. The van der Waals surface area contributed by atoms with Crippen molar-refractivity contribution in [1.29, 1.82) is 0 Å². The average Bonchev–Trinajstić information content (AvgIpc) is 2.99. The van der Waals surface area contributed by atoms with Crippen LogP contribution in [0.3, 0.4) is 0 Å². The smallest absolute Gasteiger partial charge is 0.261 e. The molecule has 30 heavy (non-hydrogen) atoms. The van der Waals surface area contributed by atoms with E-state index in [1.54, 1.807) is 72.8 Å². The number of rotatable bonds is 5. The number of fused-ring (bicyclic) bond motifs is 1. The van der Waals surface area contributed by atoms with E-state index in [2.05, 4.69) is 5.32 Å². The van der Waals surface area contributed by atoms with Crippen molar-refractivity contribution < 1.29 is 19.2 Å². The number of imide groups is 1. The summed E-state index contributed by atoms with van der Waals surface area (Å²) >= 11 is 0. The minimum absolute atomic E-state index is 0.0800. The van der Waals surface area contributed by atoms with Crippen molar-refractivity contribution in [3.8, 4) is 0 Å². The third-order valence-corrected chi connectivity index (χ3v) is 4.96. The normalized spacial score (nSPS) is 12.6. The maximum absolute atomic E-state index is 12.5. The number of hydrogen-bond acceptors (Lipinski definition) is 4. The third kappa shape index (κ3) is 3.63. The van der Waals surface area contributed by atoms with Gasteiger partial charge >= 0.3 is 0 Å². The maximum Gasteiger partial charge on any atom is 0.261 e. The standard InChI is InChI=1S/C24H18N2O4/c1-15(27)18-5-4-6-19(13-18)25-22(28)17-11-9-16(10-12-17)14-26-23(29)20-7-2-3-8-21(20)24(26)30/h2-13H,14H2,1H3,(H,25,28). The first-order valence-electron chi connectivity index (χ1n) is 9.40. The molecule has 3 amide bonds. The monoisotopic (exact) mass is 398 g/mol. The maximum atomic E-state index is 12.5. The first-order valence-corrected chi connectivity index (χ1v) is 9.40. The molecular weight excluding hydrogens is 380 g/mol. The Hall–Kier alpha value is -4.06. The molecule has 0 unspecified atom stereocenters. The molecule has 0 saturated heterocycles. The topological polar surface area (TPSA) is 83.6 Å². The molecule has 0 radical (unpaired) electrons. The van der Waals surface area contributed by atoms with Crippen LogP contribution >= 0.6 is 0 Å². The number of carbonyl (C=O) groups is 4. The van der Waals surface area contributed by atoms with Crippen LogP contribution in [0.2, 0.25) is 0 Å². The van der Waals surface area contributed by atoms with Crippen molar-refractivity contribution in [1.82, 2.24) is 4.90 Å². The molecule has 0 spiro atoms. The predicted octanol–water partition coefficient (Wildman–Crippen LogP) is 3.94. The molecule has 4 rings (SSSR count). The van der Waals surface area contributed by atoms with Gasteiger partial charge in [0.05, 0.1) is 17.7 Å². The number of amides is 3. The summed E-state index contributed by atoms with van der Waals surface area (Å²) in [4.78, 5) is 50.1. The van der Waals surface area contributed by atoms with Crippen molar-refractivity contribution in [3.05, 3.63) is 101 Å². The molecule has 1 N–H and O–H groups in total. The Bertz CT molecular complexity index is 1150. The van der Waals surface area contributed by atoms with Crippen LogP contribution in [0.15, 0.2) is 72.8 Å². The summed E-state index contributed by atoms with van der Waals surface area (Å²) in [6.07, 6.45) is 0. The molecule has 0 aliphatic carbocycles. The average molecular weight is 398 g/mol. The second kappa shape index (κ2) is 7.75. The third-order valence-electron chi connectivity index (χ3n) is 4.96. The van der Waals surface area contributed by atoms with Gasteiger partial charge in [0, 0.05) is 16.8 Å². The van der Waals surface area contributed by atoms with E-state index in [0.29, 0.717) is 27.9 Å². The molecule has 6 heteroatoms. The molecule has 0 saturated carbocycles. The van der Waals surface area contributed by atoms with Crippen LogP contribution in [0.4, 0.5) is 5.69 Å². The zero-order valence-electron chi connectivity index (χ0n) is 16.2. The van der Waals surface area contributed by atoms with Gasteiger partial charge in [0.2, 0.25) is 0 Å². The molecule has 0 aromatic heterocycles. The molecule has 1 aliphatic rings. The predicted molar refractivity (Wildman–Crippen MR) is 111 cm³/mol. The van der Waals surface area contributed by atoms with E-state index in [0.717, 1.165) is 5.56 Å². The highest BCUT2D eigenvalue weighted by molar-refractivity contribution is 6.21. The number of hydrogen-bond donors (Lipinski definition) is 1. The van der Waals surface area contributed by atoms with Crippen LogP contribution in [0.1, 0.15) is 53.9 Å². The van der Waals surface area contributed by atoms with Gasteiger partial charge in [-0.1, -0.05) is 36.4 Å². The molecule has 0 atom stereocenters. The summed E-state index contributed by atoms with van der Waals surface area (Å²) in [5.74, 6) is -1.03. The minimum atomic E-state index is -0.317. The van der Waals surface area contributed by atoms with Crippen LogP contribution in [0, 0.1) is 0 Å². The van der Waals surface area contributed by atoms with Gasteiger partial charge in [-0.25, -0.2) is 0 Å². The number of ketones is 1. The summed E-state index contributed by atoms with van der Waals surface area (Å²) in [6, 6.07) is 20.2. The first kappa shape index (κ1) is 19.3. The molecule has 1 aliphatic heterocycles. The second-order valence-electron chi connectivity index (χ2n) is 7.03. The van der Waals surface area contributed by atoms with Gasteiger partial charge in [-0.3, -0.25) is 24.1 Å². The summed E-state index contributed by atoms with van der Waals surface area (Å²) in [7, 11) is 0. The molecular formula is C24H18N2O4.